The minimum Gasteiger partial charge on any atom is -0.484 e. The second kappa shape index (κ2) is 8.70. The van der Waals surface area contributed by atoms with Crippen LogP contribution in [0, 0.1) is 0 Å². The molecule has 25 heavy (non-hydrogen) atoms. The van der Waals surface area contributed by atoms with Crippen LogP contribution < -0.4 is 4.74 Å². The van der Waals surface area contributed by atoms with Gasteiger partial charge in [0.15, 0.2) is 6.61 Å². The molecule has 2 aromatic rings. The monoisotopic (exact) mass is 422 g/mol. The fourth-order valence-electron chi connectivity index (χ4n) is 2.79. The molecule has 0 saturated carbocycles. The van der Waals surface area contributed by atoms with Crippen molar-refractivity contribution in [1.82, 2.24) is 9.80 Å². The van der Waals surface area contributed by atoms with Crippen molar-refractivity contribution in [1.29, 1.82) is 0 Å². The molecular formula is C19H20BrClN2O2. The zero-order valence-electron chi connectivity index (χ0n) is 13.8. The molecule has 1 aliphatic rings. The maximum atomic E-state index is 12.3. The maximum absolute atomic E-state index is 12.3. The Morgan fingerprint density at radius 1 is 1.04 bits per heavy atom. The number of ether oxygens (including phenoxy) is 1. The molecule has 1 amide bonds. The standard InChI is InChI=1S/C19H20BrClN2O2/c20-18-4-2-1-3-15(18)13-22-9-11-23(12-10-22)19(24)14-25-17-7-5-16(21)6-8-17/h1-8H,9-14H2. The molecule has 0 unspecified atom stereocenters. The number of halogens is 2. The van der Waals surface area contributed by atoms with Crippen molar-refractivity contribution < 1.29 is 9.53 Å². The number of piperazine rings is 1. The van der Waals surface area contributed by atoms with Crippen molar-refractivity contribution in [3.63, 3.8) is 0 Å². The molecule has 3 rings (SSSR count). The third-order valence-electron chi connectivity index (χ3n) is 4.25. The van der Waals surface area contributed by atoms with Gasteiger partial charge in [-0.3, -0.25) is 9.69 Å². The van der Waals surface area contributed by atoms with Crippen LogP contribution in [0.25, 0.3) is 0 Å². The Kier molecular flexibility index (Phi) is 6.34. The topological polar surface area (TPSA) is 32.8 Å². The molecule has 1 heterocycles. The van der Waals surface area contributed by atoms with Crippen LogP contribution in [0.5, 0.6) is 5.75 Å². The van der Waals surface area contributed by atoms with E-state index in [1.165, 1.54) is 5.56 Å². The van der Waals surface area contributed by atoms with Gasteiger partial charge in [0, 0.05) is 42.2 Å². The number of amides is 1. The number of rotatable bonds is 5. The van der Waals surface area contributed by atoms with Gasteiger partial charge in [-0.2, -0.15) is 0 Å². The van der Waals surface area contributed by atoms with E-state index in [2.05, 4.69) is 33.0 Å². The first kappa shape index (κ1) is 18.2. The molecule has 1 fully saturated rings. The fourth-order valence-corrected chi connectivity index (χ4v) is 3.33. The quantitative estimate of drug-likeness (QED) is 0.733. The Bertz CT molecular complexity index is 716. The lowest BCUT2D eigenvalue weighted by atomic mass is 10.2. The summed E-state index contributed by atoms with van der Waals surface area (Å²) in [5, 5.41) is 0.653. The van der Waals surface area contributed by atoms with Gasteiger partial charge < -0.3 is 9.64 Å². The van der Waals surface area contributed by atoms with E-state index in [1.807, 2.05) is 17.0 Å². The average Bonchev–Trinajstić information content (AvgIpc) is 2.63. The van der Waals surface area contributed by atoms with Crippen LogP contribution in [0.4, 0.5) is 0 Å². The van der Waals surface area contributed by atoms with Gasteiger partial charge in [0.25, 0.3) is 5.91 Å². The molecule has 6 heteroatoms. The SMILES string of the molecule is O=C(COc1ccc(Cl)cc1)N1CCN(Cc2ccccc2Br)CC1. The van der Waals surface area contributed by atoms with Crippen molar-refractivity contribution in [3.8, 4) is 5.75 Å². The smallest absolute Gasteiger partial charge is 0.260 e. The molecule has 0 spiro atoms. The van der Waals surface area contributed by atoms with Crippen LogP contribution in [0.1, 0.15) is 5.56 Å². The van der Waals surface area contributed by atoms with E-state index in [0.717, 1.165) is 37.2 Å². The van der Waals surface area contributed by atoms with Gasteiger partial charge in [-0.15, -0.1) is 0 Å². The van der Waals surface area contributed by atoms with Gasteiger partial charge in [0.2, 0.25) is 0 Å². The summed E-state index contributed by atoms with van der Waals surface area (Å²) in [5.41, 5.74) is 1.27. The zero-order chi connectivity index (χ0) is 17.6. The van der Waals surface area contributed by atoms with Gasteiger partial charge >= 0.3 is 0 Å². The molecule has 0 bridgehead atoms. The number of carbonyl (C=O) groups is 1. The molecule has 2 aromatic carbocycles. The lowest BCUT2D eigenvalue weighted by Crippen LogP contribution is -2.49. The van der Waals surface area contributed by atoms with E-state index in [4.69, 9.17) is 16.3 Å². The largest absolute Gasteiger partial charge is 0.484 e. The summed E-state index contributed by atoms with van der Waals surface area (Å²) >= 11 is 9.43. The summed E-state index contributed by atoms with van der Waals surface area (Å²) in [6.45, 7) is 4.15. The van der Waals surface area contributed by atoms with Crippen molar-refractivity contribution in [2.24, 2.45) is 0 Å². The molecule has 1 aliphatic heterocycles. The van der Waals surface area contributed by atoms with Crippen molar-refractivity contribution >= 4 is 33.4 Å². The van der Waals surface area contributed by atoms with Gasteiger partial charge in [-0.25, -0.2) is 0 Å². The Hall–Kier alpha value is -1.56. The van der Waals surface area contributed by atoms with Crippen LogP contribution >= 0.6 is 27.5 Å². The zero-order valence-corrected chi connectivity index (χ0v) is 16.2. The number of hydrogen-bond donors (Lipinski definition) is 0. The van der Waals surface area contributed by atoms with Crippen LogP contribution in [-0.2, 0) is 11.3 Å². The predicted molar refractivity (Wildman–Crippen MR) is 103 cm³/mol. The second-order valence-corrected chi connectivity index (χ2v) is 7.28. The van der Waals surface area contributed by atoms with E-state index in [0.29, 0.717) is 10.8 Å². The Morgan fingerprint density at radius 3 is 2.40 bits per heavy atom. The van der Waals surface area contributed by atoms with E-state index in [-0.39, 0.29) is 12.5 Å². The normalized spacial score (nSPS) is 15.2. The third-order valence-corrected chi connectivity index (χ3v) is 5.28. The van der Waals surface area contributed by atoms with Gasteiger partial charge in [0.1, 0.15) is 5.75 Å². The summed E-state index contributed by atoms with van der Waals surface area (Å²) in [4.78, 5) is 16.5. The molecule has 0 aromatic heterocycles. The molecule has 0 radical (unpaired) electrons. The van der Waals surface area contributed by atoms with Crippen molar-refractivity contribution in [3.05, 3.63) is 63.6 Å². The van der Waals surface area contributed by atoms with Crippen LogP contribution in [0.2, 0.25) is 5.02 Å². The van der Waals surface area contributed by atoms with Crippen molar-refractivity contribution in [2.45, 2.75) is 6.54 Å². The minimum absolute atomic E-state index is 0.0236. The van der Waals surface area contributed by atoms with E-state index in [9.17, 15) is 4.79 Å². The summed E-state index contributed by atoms with van der Waals surface area (Å²) < 4.78 is 6.67. The highest BCUT2D eigenvalue weighted by Gasteiger charge is 2.21. The van der Waals surface area contributed by atoms with Crippen LogP contribution in [-0.4, -0.2) is 48.5 Å². The second-order valence-electron chi connectivity index (χ2n) is 5.99. The van der Waals surface area contributed by atoms with Crippen LogP contribution in [0.15, 0.2) is 53.0 Å². The first-order chi connectivity index (χ1) is 12.1. The Labute approximate surface area is 161 Å². The number of benzene rings is 2. The summed E-state index contributed by atoms with van der Waals surface area (Å²) in [7, 11) is 0. The van der Waals surface area contributed by atoms with E-state index >= 15 is 0 Å². The van der Waals surface area contributed by atoms with E-state index < -0.39 is 0 Å². The summed E-state index contributed by atoms with van der Waals surface area (Å²) in [6.07, 6.45) is 0. The molecular weight excluding hydrogens is 404 g/mol. The highest BCUT2D eigenvalue weighted by molar-refractivity contribution is 9.10. The lowest BCUT2D eigenvalue weighted by molar-refractivity contribution is -0.135. The molecule has 0 atom stereocenters. The predicted octanol–water partition coefficient (Wildman–Crippen LogP) is 3.83. The number of hydrogen-bond acceptors (Lipinski definition) is 3. The molecule has 0 aliphatic carbocycles. The van der Waals surface area contributed by atoms with Gasteiger partial charge in [0.05, 0.1) is 0 Å². The molecule has 1 saturated heterocycles. The number of carbonyl (C=O) groups excluding carboxylic acids is 1. The average molecular weight is 424 g/mol. The lowest BCUT2D eigenvalue weighted by Gasteiger charge is -2.34. The summed E-state index contributed by atoms with van der Waals surface area (Å²) in [6, 6.07) is 15.3. The molecule has 0 N–H and O–H groups in total. The van der Waals surface area contributed by atoms with Crippen molar-refractivity contribution in [2.75, 3.05) is 32.8 Å². The summed E-state index contributed by atoms with van der Waals surface area (Å²) in [5.74, 6) is 0.681. The maximum Gasteiger partial charge on any atom is 0.260 e. The first-order valence-electron chi connectivity index (χ1n) is 8.24. The van der Waals surface area contributed by atoms with E-state index in [1.54, 1.807) is 24.3 Å². The van der Waals surface area contributed by atoms with Crippen LogP contribution in [0.3, 0.4) is 0 Å². The highest BCUT2D eigenvalue weighted by Crippen LogP contribution is 2.19. The number of nitrogens with zero attached hydrogens (tertiary/aromatic N) is 2. The molecule has 132 valence electrons. The fraction of sp³-hybridized carbons (Fsp3) is 0.316. The van der Waals surface area contributed by atoms with Gasteiger partial charge in [-0.1, -0.05) is 45.7 Å². The highest BCUT2D eigenvalue weighted by atomic mass is 79.9. The Balaban J connectivity index is 1.44. The minimum atomic E-state index is 0.0236. The first-order valence-corrected chi connectivity index (χ1v) is 9.41. The molecule has 4 nitrogen and oxygen atoms in total. The van der Waals surface area contributed by atoms with Gasteiger partial charge in [-0.05, 0) is 35.9 Å². The third kappa shape index (κ3) is 5.21. The Morgan fingerprint density at radius 2 is 1.72 bits per heavy atom.